The molecule has 2 aliphatic rings. The number of rotatable bonds is 10. The number of hydrogen-bond acceptors (Lipinski definition) is 11. The molecule has 0 aliphatic carbocycles. The molecule has 47 heavy (non-hydrogen) atoms. The van der Waals surface area contributed by atoms with E-state index in [9.17, 15) is 29.1 Å². The van der Waals surface area contributed by atoms with E-state index >= 15 is 4.39 Å². The number of carboxylic acids is 1. The van der Waals surface area contributed by atoms with Crippen molar-refractivity contribution in [3.8, 4) is 16.8 Å². The minimum absolute atomic E-state index is 0.0652. The zero-order chi connectivity index (χ0) is 33.4. The molecule has 1 aromatic carbocycles. The molecule has 1 fully saturated rings. The van der Waals surface area contributed by atoms with Gasteiger partial charge in [0.05, 0.1) is 25.4 Å². The van der Waals surface area contributed by atoms with Crippen molar-refractivity contribution in [1.82, 2.24) is 35.3 Å². The average Bonchev–Trinajstić information content (AvgIpc) is 3.69. The van der Waals surface area contributed by atoms with Crippen molar-refractivity contribution in [1.29, 1.82) is 0 Å². The van der Waals surface area contributed by atoms with Gasteiger partial charge in [-0.25, -0.2) is 33.6 Å². The first-order valence-corrected chi connectivity index (χ1v) is 14.9. The van der Waals surface area contributed by atoms with Crippen molar-refractivity contribution in [3.05, 3.63) is 88.6 Å². The number of hydrogen-bond donors (Lipinski definition) is 2. The van der Waals surface area contributed by atoms with Crippen LogP contribution in [0.2, 0.25) is 0 Å². The van der Waals surface area contributed by atoms with Crippen molar-refractivity contribution in [2.45, 2.75) is 31.3 Å². The Labute approximate surface area is 267 Å². The number of oxazole rings is 1. The van der Waals surface area contributed by atoms with Crippen molar-refractivity contribution in [3.63, 3.8) is 0 Å². The lowest BCUT2D eigenvalue weighted by Gasteiger charge is -2.51. The number of fused-ring (bicyclic) bond motifs is 1. The molecule has 242 valence electrons. The maximum atomic E-state index is 15.3. The first-order chi connectivity index (χ1) is 22.6. The third kappa shape index (κ3) is 5.88. The second-order valence-corrected chi connectivity index (χ2v) is 11.5. The highest BCUT2D eigenvalue weighted by molar-refractivity contribution is 8.00. The standard InChI is InChI=1S/C28H24FN9O8S/c1-15(39)38(36-14-30-32-33-36)24-25(41)37-23(27(42)43)17(13-47-26(24)37)11-34-7-5-16(6-8-34)20-4-3-18(9-21(20)29)35-12-19(46-28(35)44)10-22(40)31-45-2/h3-9,12,14,24,26H,10-11,13H2,1-2H3,(H-,31,40,42,43)/p+1/t24-,26+/m1/s1. The van der Waals surface area contributed by atoms with Gasteiger partial charge in [0.25, 0.3) is 11.8 Å². The number of aliphatic carboxylic acids is 1. The Hall–Kier alpha value is -5.69. The number of hydroxylamine groups is 1. The van der Waals surface area contributed by atoms with E-state index in [0.717, 1.165) is 20.4 Å². The first kappa shape index (κ1) is 31.3. The topological polar surface area (TPSA) is 199 Å². The quantitative estimate of drug-likeness (QED) is 0.126. The summed E-state index contributed by atoms with van der Waals surface area (Å²) in [6.45, 7) is 1.39. The molecule has 5 heterocycles. The van der Waals surface area contributed by atoms with Gasteiger partial charge in [-0.2, -0.15) is 0 Å². The van der Waals surface area contributed by atoms with E-state index in [2.05, 4.69) is 25.8 Å². The monoisotopic (exact) mass is 666 g/mol. The summed E-state index contributed by atoms with van der Waals surface area (Å²) in [5.74, 6) is -3.95. The second kappa shape index (κ2) is 12.6. The van der Waals surface area contributed by atoms with Crippen LogP contribution in [0.3, 0.4) is 0 Å². The molecule has 17 nitrogen and oxygen atoms in total. The summed E-state index contributed by atoms with van der Waals surface area (Å²) in [4.78, 5) is 68.7. The summed E-state index contributed by atoms with van der Waals surface area (Å²) >= 11 is 1.31. The first-order valence-electron chi connectivity index (χ1n) is 13.8. The highest BCUT2D eigenvalue weighted by Crippen LogP contribution is 2.42. The van der Waals surface area contributed by atoms with Gasteiger partial charge < -0.3 is 9.52 Å². The van der Waals surface area contributed by atoms with Gasteiger partial charge >= 0.3 is 11.7 Å². The van der Waals surface area contributed by atoms with Crippen LogP contribution >= 0.6 is 11.8 Å². The molecule has 3 aromatic heterocycles. The number of amides is 3. The number of tetrazole rings is 1. The van der Waals surface area contributed by atoms with Gasteiger partial charge in [0, 0.05) is 35.9 Å². The minimum atomic E-state index is -1.28. The smallest absolute Gasteiger partial charge is 0.423 e. The van der Waals surface area contributed by atoms with Crippen LogP contribution in [0.1, 0.15) is 12.7 Å². The molecule has 0 saturated carbocycles. The fraction of sp³-hybridized carbons (Fsp3) is 0.250. The zero-order valence-electron chi connectivity index (χ0n) is 24.6. The SMILES string of the molecule is CONC(=O)Cc1cn(-c2ccc(-c3cc[n+](CC4=C(C(=O)O)N5C(=O)[C@@H](N(C(C)=O)n6cnnn6)[C@@H]5SC4)cc3)c(F)c2)c(=O)o1. The van der Waals surface area contributed by atoms with Crippen LogP contribution in [0.5, 0.6) is 0 Å². The fourth-order valence-electron chi connectivity index (χ4n) is 5.40. The number of β-lactam (4-membered cyclic amide) rings is 1. The van der Waals surface area contributed by atoms with Crippen LogP contribution in [-0.2, 0) is 37.0 Å². The van der Waals surface area contributed by atoms with E-state index in [1.54, 1.807) is 29.1 Å². The second-order valence-electron chi connectivity index (χ2n) is 10.4. The lowest BCUT2D eigenvalue weighted by atomic mass is 10.0. The van der Waals surface area contributed by atoms with Gasteiger partial charge in [0.2, 0.25) is 5.91 Å². The summed E-state index contributed by atoms with van der Waals surface area (Å²) in [5.41, 5.74) is 3.38. The van der Waals surface area contributed by atoms with E-state index in [0.29, 0.717) is 11.1 Å². The number of nitrogens with zero attached hydrogens (tertiary/aromatic N) is 8. The molecule has 3 amide bonds. The molecule has 0 bridgehead atoms. The van der Waals surface area contributed by atoms with E-state index in [1.165, 1.54) is 55.4 Å². The normalized spacial score (nSPS) is 17.3. The highest BCUT2D eigenvalue weighted by atomic mass is 32.2. The number of pyridine rings is 1. The van der Waals surface area contributed by atoms with Gasteiger partial charge in [-0.1, -0.05) is 0 Å². The molecule has 6 rings (SSSR count). The predicted molar refractivity (Wildman–Crippen MR) is 157 cm³/mol. The van der Waals surface area contributed by atoms with Crippen LogP contribution in [0.25, 0.3) is 16.8 Å². The van der Waals surface area contributed by atoms with Crippen molar-refractivity contribution in [2.24, 2.45) is 0 Å². The van der Waals surface area contributed by atoms with Crippen molar-refractivity contribution in [2.75, 3.05) is 17.9 Å². The van der Waals surface area contributed by atoms with E-state index < -0.39 is 46.7 Å². The number of carbonyl (C=O) groups is 4. The van der Waals surface area contributed by atoms with E-state index in [4.69, 9.17) is 4.42 Å². The van der Waals surface area contributed by atoms with Gasteiger partial charge in [0.1, 0.15) is 22.6 Å². The van der Waals surface area contributed by atoms with E-state index in [-0.39, 0.29) is 41.4 Å². The summed E-state index contributed by atoms with van der Waals surface area (Å²) in [6, 6.07) is 6.50. The van der Waals surface area contributed by atoms with Crippen LogP contribution in [0, 0.1) is 5.82 Å². The Morgan fingerprint density at radius 2 is 2.00 bits per heavy atom. The number of carbonyl (C=O) groups excluding carboxylic acids is 3. The number of nitrogens with one attached hydrogen (secondary N) is 1. The molecule has 2 atom stereocenters. The summed E-state index contributed by atoms with van der Waals surface area (Å²) in [6.07, 6.45) is 5.53. The van der Waals surface area contributed by atoms with Crippen molar-refractivity contribution < 1.29 is 42.5 Å². The van der Waals surface area contributed by atoms with E-state index in [1.807, 2.05) is 0 Å². The molecular weight excluding hydrogens is 641 g/mol. The lowest BCUT2D eigenvalue weighted by molar-refractivity contribution is -0.689. The number of benzene rings is 1. The third-order valence-electron chi connectivity index (χ3n) is 7.41. The Kier molecular flexibility index (Phi) is 8.39. The summed E-state index contributed by atoms with van der Waals surface area (Å²) in [5, 5.41) is 21.2. The zero-order valence-corrected chi connectivity index (χ0v) is 25.5. The van der Waals surface area contributed by atoms with Gasteiger partial charge in [0.15, 0.2) is 31.3 Å². The number of aromatic nitrogens is 6. The third-order valence-corrected chi connectivity index (χ3v) is 8.74. The van der Waals surface area contributed by atoms with Crippen molar-refractivity contribution >= 4 is 35.5 Å². The molecule has 0 unspecified atom stereocenters. The Balaban J connectivity index is 1.19. The maximum Gasteiger partial charge on any atom is 0.423 e. The minimum Gasteiger partial charge on any atom is -0.477 e. The number of halogens is 1. The molecule has 19 heteroatoms. The fourth-order valence-corrected chi connectivity index (χ4v) is 6.78. The summed E-state index contributed by atoms with van der Waals surface area (Å²) in [7, 11) is 1.27. The molecule has 2 N–H and O–H groups in total. The van der Waals surface area contributed by atoms with Crippen LogP contribution in [0.15, 0.2) is 75.7 Å². The molecule has 1 saturated heterocycles. The van der Waals surface area contributed by atoms with Gasteiger partial charge in [-0.3, -0.25) is 24.1 Å². The molecule has 2 aliphatic heterocycles. The Morgan fingerprint density at radius 3 is 2.64 bits per heavy atom. The number of thioether (sulfide) groups is 1. The largest absolute Gasteiger partial charge is 0.477 e. The molecule has 0 spiro atoms. The van der Waals surface area contributed by atoms with Crippen LogP contribution in [-0.4, -0.2) is 82.9 Å². The Morgan fingerprint density at radius 1 is 1.23 bits per heavy atom. The van der Waals surface area contributed by atoms with Crippen LogP contribution in [0.4, 0.5) is 4.39 Å². The summed E-state index contributed by atoms with van der Waals surface area (Å²) < 4.78 is 23.1. The molecule has 4 aromatic rings. The van der Waals surface area contributed by atoms with Gasteiger partial charge in [-0.05, 0) is 34.2 Å². The lowest BCUT2D eigenvalue weighted by Crippen LogP contribution is -2.73. The van der Waals surface area contributed by atoms with Crippen LogP contribution < -0.4 is 20.8 Å². The molecule has 0 radical (unpaired) electrons. The average molecular weight is 667 g/mol. The number of carboxylic acid groups (broad SMARTS) is 1. The Bertz CT molecular complexity index is 1980. The predicted octanol–water partition coefficient (Wildman–Crippen LogP) is -0.462. The highest BCUT2D eigenvalue weighted by Gasteiger charge is 2.58. The molecular formula is C28H25FN9O8S+. The van der Waals surface area contributed by atoms with Gasteiger partial charge in [-0.15, -0.1) is 21.7 Å². The maximum absolute atomic E-state index is 15.3.